The Morgan fingerprint density at radius 2 is 1.71 bits per heavy atom. The highest BCUT2D eigenvalue weighted by Gasteiger charge is 2.22. The number of benzene rings is 1. The molecule has 1 amide bonds. The number of hydrogen-bond acceptors (Lipinski definition) is 3. The number of aliphatic hydroxyl groups is 1. The maximum Gasteiger partial charge on any atom is 0.220 e. The molecule has 1 aromatic rings. The SMILES string of the molecule is CCC(O)(CC)CNC(=O)CCC(=O)c1ccc(F)cc1. The molecule has 0 heterocycles. The van der Waals surface area contributed by atoms with Crippen molar-refractivity contribution in [1.82, 2.24) is 5.32 Å². The van der Waals surface area contributed by atoms with E-state index in [1.54, 1.807) is 0 Å². The van der Waals surface area contributed by atoms with E-state index in [0.29, 0.717) is 18.4 Å². The summed E-state index contributed by atoms with van der Waals surface area (Å²) < 4.78 is 12.7. The Labute approximate surface area is 124 Å². The van der Waals surface area contributed by atoms with Gasteiger partial charge in [-0.25, -0.2) is 4.39 Å². The van der Waals surface area contributed by atoms with Crippen LogP contribution in [0.25, 0.3) is 0 Å². The van der Waals surface area contributed by atoms with E-state index < -0.39 is 11.4 Å². The predicted molar refractivity (Wildman–Crippen MR) is 78.5 cm³/mol. The van der Waals surface area contributed by atoms with Gasteiger partial charge >= 0.3 is 0 Å². The lowest BCUT2D eigenvalue weighted by Crippen LogP contribution is -2.42. The second-order valence-electron chi connectivity index (χ2n) is 5.14. The molecule has 116 valence electrons. The van der Waals surface area contributed by atoms with Crippen molar-refractivity contribution in [2.75, 3.05) is 6.54 Å². The number of ketones is 1. The molecule has 2 N–H and O–H groups in total. The van der Waals surface area contributed by atoms with E-state index in [2.05, 4.69) is 5.32 Å². The molecular weight excluding hydrogens is 273 g/mol. The Hall–Kier alpha value is -1.75. The minimum Gasteiger partial charge on any atom is -0.388 e. The lowest BCUT2D eigenvalue weighted by molar-refractivity contribution is -0.122. The number of Topliss-reactive ketones (excluding diaryl/α,β-unsaturated/α-hetero) is 1. The number of carbonyl (C=O) groups is 2. The molecule has 0 radical (unpaired) electrons. The van der Waals surface area contributed by atoms with Gasteiger partial charge in [0.2, 0.25) is 5.91 Å². The Kier molecular flexibility index (Phi) is 6.49. The molecular formula is C16H22FNO3. The minimum absolute atomic E-state index is 0.0553. The van der Waals surface area contributed by atoms with Crippen LogP contribution in [-0.2, 0) is 4.79 Å². The monoisotopic (exact) mass is 295 g/mol. The number of halogens is 1. The fourth-order valence-electron chi connectivity index (χ4n) is 1.86. The molecule has 0 aliphatic heterocycles. The van der Waals surface area contributed by atoms with Crippen LogP contribution in [0.5, 0.6) is 0 Å². The van der Waals surface area contributed by atoms with Crippen LogP contribution in [0, 0.1) is 5.82 Å². The third-order valence-electron chi connectivity index (χ3n) is 3.68. The highest BCUT2D eigenvalue weighted by atomic mass is 19.1. The minimum atomic E-state index is -0.892. The van der Waals surface area contributed by atoms with Gasteiger partial charge in [0.1, 0.15) is 5.82 Å². The zero-order chi connectivity index (χ0) is 15.9. The molecule has 21 heavy (non-hydrogen) atoms. The summed E-state index contributed by atoms with van der Waals surface area (Å²) >= 11 is 0. The van der Waals surface area contributed by atoms with Gasteiger partial charge in [-0.1, -0.05) is 13.8 Å². The Balaban J connectivity index is 2.39. The topological polar surface area (TPSA) is 66.4 Å². The van der Waals surface area contributed by atoms with Crippen LogP contribution in [-0.4, -0.2) is 28.9 Å². The lowest BCUT2D eigenvalue weighted by atomic mass is 9.97. The van der Waals surface area contributed by atoms with Gasteiger partial charge in [0, 0.05) is 24.9 Å². The number of hydrogen-bond donors (Lipinski definition) is 2. The zero-order valence-electron chi connectivity index (χ0n) is 12.5. The van der Waals surface area contributed by atoms with Crippen LogP contribution in [0.3, 0.4) is 0 Å². The van der Waals surface area contributed by atoms with Gasteiger partial charge < -0.3 is 10.4 Å². The second kappa shape index (κ2) is 7.88. The molecule has 0 aliphatic rings. The van der Waals surface area contributed by atoms with Crippen molar-refractivity contribution in [3.05, 3.63) is 35.6 Å². The van der Waals surface area contributed by atoms with Crippen molar-refractivity contribution in [3.8, 4) is 0 Å². The van der Waals surface area contributed by atoms with E-state index in [-0.39, 0.29) is 31.1 Å². The molecule has 0 bridgehead atoms. The van der Waals surface area contributed by atoms with Crippen LogP contribution < -0.4 is 5.32 Å². The number of carbonyl (C=O) groups excluding carboxylic acids is 2. The van der Waals surface area contributed by atoms with Crippen LogP contribution in [0.2, 0.25) is 0 Å². The van der Waals surface area contributed by atoms with Crippen molar-refractivity contribution in [3.63, 3.8) is 0 Å². The second-order valence-corrected chi connectivity index (χ2v) is 5.14. The fourth-order valence-corrected chi connectivity index (χ4v) is 1.86. The van der Waals surface area contributed by atoms with Crippen molar-refractivity contribution in [2.24, 2.45) is 0 Å². The van der Waals surface area contributed by atoms with Gasteiger partial charge in [-0.15, -0.1) is 0 Å². The van der Waals surface area contributed by atoms with E-state index in [1.165, 1.54) is 24.3 Å². The van der Waals surface area contributed by atoms with Gasteiger partial charge in [0.15, 0.2) is 5.78 Å². The van der Waals surface area contributed by atoms with Crippen LogP contribution >= 0.6 is 0 Å². The first-order valence-corrected chi connectivity index (χ1v) is 7.18. The number of amides is 1. The van der Waals surface area contributed by atoms with E-state index in [9.17, 15) is 19.1 Å². The molecule has 0 fully saturated rings. The summed E-state index contributed by atoms with van der Waals surface area (Å²) in [5, 5.41) is 12.7. The fraction of sp³-hybridized carbons (Fsp3) is 0.500. The standard InChI is InChI=1S/C16H22FNO3/c1-3-16(21,4-2)11-18-15(20)10-9-14(19)12-5-7-13(17)8-6-12/h5-8,21H,3-4,9-11H2,1-2H3,(H,18,20). The van der Waals surface area contributed by atoms with Crippen molar-refractivity contribution in [2.45, 2.75) is 45.1 Å². The quantitative estimate of drug-likeness (QED) is 0.724. The van der Waals surface area contributed by atoms with Gasteiger partial charge in [0.05, 0.1) is 5.60 Å². The summed E-state index contributed by atoms with van der Waals surface area (Å²) in [6.07, 6.45) is 1.23. The summed E-state index contributed by atoms with van der Waals surface area (Å²) in [6, 6.07) is 5.25. The summed E-state index contributed by atoms with van der Waals surface area (Å²) in [6.45, 7) is 3.89. The molecule has 0 atom stereocenters. The first-order chi connectivity index (χ1) is 9.90. The molecule has 0 aromatic heterocycles. The Morgan fingerprint density at radius 3 is 2.24 bits per heavy atom. The summed E-state index contributed by atoms with van der Waals surface area (Å²) in [5.41, 5.74) is -0.501. The average Bonchev–Trinajstić information content (AvgIpc) is 2.51. The Morgan fingerprint density at radius 1 is 1.14 bits per heavy atom. The molecule has 1 rings (SSSR count). The lowest BCUT2D eigenvalue weighted by Gasteiger charge is -2.25. The van der Waals surface area contributed by atoms with Crippen molar-refractivity contribution >= 4 is 11.7 Å². The third kappa shape index (κ3) is 5.63. The molecule has 0 aliphatic carbocycles. The normalized spacial score (nSPS) is 11.2. The number of rotatable bonds is 8. The van der Waals surface area contributed by atoms with E-state index in [1.807, 2.05) is 13.8 Å². The van der Waals surface area contributed by atoms with Crippen LogP contribution in [0.1, 0.15) is 49.9 Å². The van der Waals surface area contributed by atoms with Gasteiger partial charge in [-0.3, -0.25) is 9.59 Å². The van der Waals surface area contributed by atoms with Crippen LogP contribution in [0.4, 0.5) is 4.39 Å². The molecule has 0 saturated carbocycles. The van der Waals surface area contributed by atoms with Gasteiger partial charge in [-0.2, -0.15) is 0 Å². The first-order valence-electron chi connectivity index (χ1n) is 7.18. The largest absolute Gasteiger partial charge is 0.388 e. The molecule has 0 spiro atoms. The van der Waals surface area contributed by atoms with Crippen molar-refractivity contribution < 1.29 is 19.1 Å². The van der Waals surface area contributed by atoms with Crippen molar-refractivity contribution in [1.29, 1.82) is 0 Å². The Bertz CT molecular complexity index is 481. The van der Waals surface area contributed by atoms with Gasteiger partial charge in [-0.05, 0) is 37.1 Å². The summed E-state index contributed by atoms with van der Waals surface area (Å²) in [7, 11) is 0. The number of nitrogens with one attached hydrogen (secondary N) is 1. The smallest absolute Gasteiger partial charge is 0.220 e. The summed E-state index contributed by atoms with van der Waals surface area (Å²) in [4.78, 5) is 23.5. The highest BCUT2D eigenvalue weighted by Crippen LogP contribution is 2.13. The average molecular weight is 295 g/mol. The van der Waals surface area contributed by atoms with E-state index in [4.69, 9.17) is 0 Å². The molecule has 1 aromatic carbocycles. The van der Waals surface area contributed by atoms with Crippen LogP contribution in [0.15, 0.2) is 24.3 Å². The third-order valence-corrected chi connectivity index (χ3v) is 3.68. The zero-order valence-corrected chi connectivity index (χ0v) is 12.5. The molecule has 0 saturated heterocycles. The van der Waals surface area contributed by atoms with E-state index >= 15 is 0 Å². The van der Waals surface area contributed by atoms with Gasteiger partial charge in [0.25, 0.3) is 0 Å². The first kappa shape index (κ1) is 17.3. The highest BCUT2D eigenvalue weighted by molar-refractivity contribution is 5.97. The molecule has 0 unspecified atom stereocenters. The maximum absolute atomic E-state index is 12.7. The maximum atomic E-state index is 12.7. The molecule has 5 heteroatoms. The molecule has 4 nitrogen and oxygen atoms in total. The predicted octanol–water partition coefficient (Wildman–Crippen LogP) is 2.46. The van der Waals surface area contributed by atoms with E-state index in [0.717, 1.165) is 0 Å². The summed E-state index contributed by atoms with van der Waals surface area (Å²) in [5.74, 6) is -0.875.